The summed E-state index contributed by atoms with van der Waals surface area (Å²) in [5.74, 6) is 2.32. The van der Waals surface area contributed by atoms with Gasteiger partial charge in [0.2, 0.25) is 0 Å². The van der Waals surface area contributed by atoms with Gasteiger partial charge in [-0.15, -0.1) is 0 Å². The number of ether oxygens (including phenoxy) is 3. The van der Waals surface area contributed by atoms with Crippen molar-refractivity contribution < 1.29 is 14.2 Å². The second-order valence-electron chi connectivity index (χ2n) is 9.09. The van der Waals surface area contributed by atoms with Gasteiger partial charge in [-0.1, -0.05) is 36.4 Å². The molecular weight excluding hydrogens is 503 g/mol. The number of aromatic nitrogens is 6. The Hall–Kier alpha value is -5.25. The minimum atomic E-state index is -0.502. The molecule has 40 heavy (non-hydrogen) atoms. The normalized spacial score (nSPS) is 11.1. The van der Waals surface area contributed by atoms with Crippen LogP contribution in [-0.2, 0) is 0 Å². The molecule has 0 amide bonds. The summed E-state index contributed by atoms with van der Waals surface area (Å²) < 4.78 is 21.8. The molecule has 0 saturated heterocycles. The summed E-state index contributed by atoms with van der Waals surface area (Å²) in [5, 5.41) is 14.8. The summed E-state index contributed by atoms with van der Waals surface area (Å²) >= 11 is 0. The summed E-state index contributed by atoms with van der Waals surface area (Å²) in [6, 6.07) is 29.4. The van der Waals surface area contributed by atoms with Crippen LogP contribution in [0, 0.1) is 0 Å². The summed E-state index contributed by atoms with van der Waals surface area (Å²) in [6.45, 7) is 0. The standard InChI is InChI=1S/C30H27BN6O3/c1-38-25-10-4-7-22(19-25)28-13-16-35(32-28)31(36-17-14-29(33-36)23-8-5-11-26(20-23)39-2)37-18-15-30(34-37)24-9-6-12-27(21-24)40-3/h4-21H,1-3H3/q-1. The first kappa shape index (κ1) is 25.1. The molecule has 0 fully saturated rings. The maximum absolute atomic E-state index is 5.41. The summed E-state index contributed by atoms with van der Waals surface area (Å²) in [7, 11) is 4.47. The van der Waals surface area contributed by atoms with Crippen molar-refractivity contribution in [2.75, 3.05) is 21.3 Å². The van der Waals surface area contributed by atoms with Crippen molar-refractivity contribution in [3.63, 3.8) is 0 Å². The van der Waals surface area contributed by atoms with Crippen LogP contribution >= 0.6 is 0 Å². The van der Waals surface area contributed by atoms with Crippen LogP contribution in [0.15, 0.2) is 110 Å². The minimum Gasteiger partial charge on any atom is -0.497 e. The number of nitrogens with zero attached hydrogens (tertiary/aromatic N) is 6. The summed E-state index contributed by atoms with van der Waals surface area (Å²) in [5.41, 5.74) is 5.28. The third-order valence-electron chi connectivity index (χ3n) is 6.63. The highest BCUT2D eigenvalue weighted by atomic mass is 16.5. The molecule has 1 radical (unpaired) electrons. The molecule has 0 aliphatic heterocycles. The Morgan fingerprint density at radius 2 is 0.800 bits per heavy atom. The smallest absolute Gasteiger partial charge is 0.260 e. The van der Waals surface area contributed by atoms with Crippen molar-refractivity contribution >= 4 is 7.12 Å². The van der Waals surface area contributed by atoms with Crippen molar-refractivity contribution in [2.45, 2.75) is 0 Å². The Labute approximate surface area is 232 Å². The number of benzene rings is 3. The average Bonchev–Trinajstić information content (AvgIpc) is 3.80. The zero-order valence-electron chi connectivity index (χ0n) is 22.4. The van der Waals surface area contributed by atoms with Gasteiger partial charge in [0.25, 0.3) is 7.12 Å². The van der Waals surface area contributed by atoms with E-state index >= 15 is 0 Å². The van der Waals surface area contributed by atoms with E-state index in [4.69, 9.17) is 29.5 Å². The largest absolute Gasteiger partial charge is 0.497 e. The molecule has 0 unspecified atom stereocenters. The van der Waals surface area contributed by atoms with Gasteiger partial charge in [0.05, 0.1) is 38.4 Å². The van der Waals surface area contributed by atoms with Gasteiger partial charge < -0.3 is 28.0 Å². The number of hydrogen-bond acceptors (Lipinski definition) is 6. The molecule has 3 aromatic heterocycles. The van der Waals surface area contributed by atoms with Gasteiger partial charge in [-0.3, -0.25) is 0 Å². The molecule has 6 rings (SSSR count). The molecule has 6 aromatic rings. The molecule has 3 aromatic carbocycles. The van der Waals surface area contributed by atoms with E-state index in [1.165, 1.54) is 0 Å². The lowest BCUT2D eigenvalue weighted by molar-refractivity contribution is 0.415. The first-order chi connectivity index (χ1) is 19.6. The van der Waals surface area contributed by atoms with Gasteiger partial charge in [0.1, 0.15) is 17.2 Å². The Bertz CT molecular complexity index is 1550. The lowest BCUT2D eigenvalue weighted by Gasteiger charge is -2.29. The predicted octanol–water partition coefficient (Wildman–Crippen LogP) is 5.23. The SMILES string of the molecule is COc1cccc(-c2ccn([B-](n3ccc(-c4cccc(OC)c4)n3)n3ccc(-c4cccc(OC)c4)n3)n2)c1. The molecule has 10 heteroatoms. The topological polar surface area (TPSA) is 81.2 Å². The van der Waals surface area contributed by atoms with Crippen LogP contribution < -0.4 is 14.2 Å². The van der Waals surface area contributed by atoms with Crippen molar-refractivity contribution in [1.82, 2.24) is 29.1 Å². The fourth-order valence-corrected chi connectivity index (χ4v) is 4.57. The quantitative estimate of drug-likeness (QED) is 0.238. The van der Waals surface area contributed by atoms with Gasteiger partial charge in [-0.05, 0) is 73.2 Å². The van der Waals surface area contributed by atoms with E-state index in [1.54, 1.807) is 21.3 Å². The molecule has 3 heterocycles. The highest BCUT2D eigenvalue weighted by Crippen LogP contribution is 2.25. The maximum atomic E-state index is 5.41. The molecule has 0 saturated carbocycles. The van der Waals surface area contributed by atoms with E-state index in [0.29, 0.717) is 0 Å². The van der Waals surface area contributed by atoms with Gasteiger partial charge in [-0.2, -0.15) is 0 Å². The second-order valence-corrected chi connectivity index (χ2v) is 9.09. The fraction of sp³-hybridized carbons (Fsp3) is 0.100. The van der Waals surface area contributed by atoms with E-state index < -0.39 is 7.12 Å². The third-order valence-corrected chi connectivity index (χ3v) is 6.63. The summed E-state index contributed by atoms with van der Waals surface area (Å²) in [6.07, 6.45) is 5.79. The minimum absolute atomic E-state index is 0.502. The van der Waals surface area contributed by atoms with Gasteiger partial charge in [-0.25, -0.2) is 15.3 Å². The van der Waals surface area contributed by atoms with Crippen LogP contribution in [0.1, 0.15) is 0 Å². The highest BCUT2D eigenvalue weighted by Gasteiger charge is 2.15. The molecule has 0 N–H and O–H groups in total. The van der Waals surface area contributed by atoms with Gasteiger partial charge >= 0.3 is 0 Å². The first-order valence-corrected chi connectivity index (χ1v) is 12.7. The maximum Gasteiger partial charge on any atom is 0.260 e. The second kappa shape index (κ2) is 10.9. The van der Waals surface area contributed by atoms with E-state index in [-0.39, 0.29) is 0 Å². The van der Waals surface area contributed by atoms with Crippen LogP contribution in [0.25, 0.3) is 33.8 Å². The Balaban J connectivity index is 1.42. The van der Waals surface area contributed by atoms with Crippen LogP contribution in [0.2, 0.25) is 0 Å². The van der Waals surface area contributed by atoms with Crippen molar-refractivity contribution in [2.24, 2.45) is 0 Å². The Morgan fingerprint density at radius 3 is 1.10 bits per heavy atom. The number of rotatable bonds is 9. The Morgan fingerprint density at radius 1 is 0.475 bits per heavy atom. The van der Waals surface area contributed by atoms with E-state index in [9.17, 15) is 0 Å². The highest BCUT2D eigenvalue weighted by molar-refractivity contribution is 6.52. The summed E-state index contributed by atoms with van der Waals surface area (Å²) in [4.78, 5) is 0. The molecule has 0 bridgehead atoms. The van der Waals surface area contributed by atoms with Crippen LogP contribution in [0.4, 0.5) is 0 Å². The molecular formula is C30H27BN6O3-. The number of hydrogen-bond donors (Lipinski definition) is 0. The number of methoxy groups -OCH3 is 3. The van der Waals surface area contributed by atoms with E-state index in [2.05, 4.69) is 0 Å². The van der Waals surface area contributed by atoms with Crippen LogP contribution in [0.3, 0.4) is 0 Å². The lowest BCUT2D eigenvalue weighted by atomic mass is 9.96. The van der Waals surface area contributed by atoms with Gasteiger partial charge in [0.15, 0.2) is 0 Å². The van der Waals surface area contributed by atoms with E-state index in [1.807, 2.05) is 123 Å². The molecule has 0 spiro atoms. The molecule has 0 aliphatic carbocycles. The molecule has 0 aliphatic rings. The van der Waals surface area contributed by atoms with Crippen molar-refractivity contribution in [3.05, 3.63) is 110 Å². The first-order valence-electron chi connectivity index (χ1n) is 12.7. The van der Waals surface area contributed by atoms with Crippen molar-refractivity contribution in [3.8, 4) is 51.0 Å². The average molecular weight is 530 g/mol. The van der Waals surface area contributed by atoms with Crippen LogP contribution in [0.5, 0.6) is 17.2 Å². The zero-order chi connectivity index (χ0) is 27.5. The fourth-order valence-electron chi connectivity index (χ4n) is 4.57. The van der Waals surface area contributed by atoms with Gasteiger partial charge in [0, 0.05) is 16.7 Å². The van der Waals surface area contributed by atoms with Crippen LogP contribution in [-0.4, -0.2) is 57.5 Å². The lowest BCUT2D eigenvalue weighted by Crippen LogP contribution is -2.42. The monoisotopic (exact) mass is 530 g/mol. The predicted molar refractivity (Wildman–Crippen MR) is 155 cm³/mol. The molecule has 0 atom stereocenters. The zero-order valence-corrected chi connectivity index (χ0v) is 22.4. The van der Waals surface area contributed by atoms with E-state index in [0.717, 1.165) is 51.0 Å². The molecule has 199 valence electrons. The third kappa shape index (κ3) is 4.94. The Kier molecular flexibility index (Phi) is 6.80. The van der Waals surface area contributed by atoms with Crippen molar-refractivity contribution in [1.29, 1.82) is 0 Å². The molecule has 9 nitrogen and oxygen atoms in total.